The molecule has 1 aliphatic rings. The number of rotatable bonds is 2. The molecule has 19 heavy (non-hydrogen) atoms. The predicted molar refractivity (Wildman–Crippen MR) is 56.2 cm³/mol. The van der Waals surface area contributed by atoms with Gasteiger partial charge in [0, 0.05) is 19.0 Å². The number of likely N-dealkylation sites (tertiary alicyclic amines) is 1. The van der Waals surface area contributed by atoms with E-state index in [9.17, 15) is 27.6 Å². The molecule has 1 N–H and O–H groups in total. The Morgan fingerprint density at radius 3 is 2.58 bits per heavy atom. The third-order valence-corrected chi connectivity index (χ3v) is 2.75. The first-order valence-electron chi connectivity index (χ1n) is 5.46. The molecule has 108 valence electrons. The molecule has 1 unspecified atom stereocenters. The maximum Gasteiger partial charge on any atom is 0.471 e. The number of methoxy groups -OCH3 is 1. The van der Waals surface area contributed by atoms with Crippen LogP contribution >= 0.6 is 0 Å². The molecule has 6 nitrogen and oxygen atoms in total. The van der Waals surface area contributed by atoms with E-state index in [1.165, 1.54) is 7.11 Å². The number of carbonyl (C=O) groups is 3. The molecule has 0 aromatic rings. The molecule has 0 aromatic heterocycles. The van der Waals surface area contributed by atoms with Crippen LogP contribution in [0, 0.1) is 5.92 Å². The fourth-order valence-corrected chi connectivity index (χ4v) is 1.69. The maximum absolute atomic E-state index is 11.9. The number of alkyl halides is 3. The second-order valence-electron chi connectivity index (χ2n) is 4.05. The van der Waals surface area contributed by atoms with Gasteiger partial charge in [0.1, 0.15) is 0 Å². The Balaban J connectivity index is 2.45. The van der Waals surface area contributed by atoms with Gasteiger partial charge >= 0.3 is 18.2 Å². The summed E-state index contributed by atoms with van der Waals surface area (Å²) in [6, 6.07) is 0. The van der Waals surface area contributed by atoms with Crippen LogP contribution in [0.4, 0.5) is 18.0 Å². The number of amides is 2. The third-order valence-electron chi connectivity index (χ3n) is 2.75. The van der Waals surface area contributed by atoms with Crippen molar-refractivity contribution >= 4 is 17.8 Å². The van der Waals surface area contributed by atoms with E-state index in [0.29, 0.717) is 0 Å². The Kier molecular flexibility index (Phi) is 4.73. The smallest absolute Gasteiger partial charge is 0.453 e. The van der Waals surface area contributed by atoms with E-state index < -0.39 is 29.9 Å². The van der Waals surface area contributed by atoms with Crippen molar-refractivity contribution in [3.63, 3.8) is 0 Å². The van der Waals surface area contributed by atoms with Crippen LogP contribution in [0.5, 0.6) is 0 Å². The van der Waals surface area contributed by atoms with Gasteiger partial charge in [-0.1, -0.05) is 0 Å². The molecule has 1 atom stereocenters. The van der Waals surface area contributed by atoms with Gasteiger partial charge in [0.2, 0.25) is 0 Å². The summed E-state index contributed by atoms with van der Waals surface area (Å²) in [4.78, 5) is 34.5. The summed E-state index contributed by atoms with van der Waals surface area (Å²) < 4.78 is 40.3. The topological polar surface area (TPSA) is 75.7 Å². The van der Waals surface area contributed by atoms with Gasteiger partial charge in [-0.05, 0) is 6.42 Å². The summed E-state index contributed by atoms with van der Waals surface area (Å²) in [5.74, 6) is -3.19. The second-order valence-corrected chi connectivity index (χ2v) is 4.05. The minimum atomic E-state index is -4.96. The zero-order valence-corrected chi connectivity index (χ0v) is 10.1. The van der Waals surface area contributed by atoms with Crippen LogP contribution < -0.4 is 5.32 Å². The predicted octanol–water partition coefficient (Wildman–Crippen LogP) is 0.322. The Hall–Kier alpha value is -1.80. The zero-order valence-electron chi connectivity index (χ0n) is 10.1. The van der Waals surface area contributed by atoms with Crippen LogP contribution in [-0.2, 0) is 14.3 Å². The number of hydrogen-bond donors (Lipinski definition) is 1. The number of nitrogens with one attached hydrogen (secondary N) is 1. The lowest BCUT2D eigenvalue weighted by Gasteiger charge is -2.29. The highest BCUT2D eigenvalue weighted by Crippen LogP contribution is 2.17. The number of halogens is 3. The van der Waals surface area contributed by atoms with Gasteiger partial charge < -0.3 is 15.0 Å². The van der Waals surface area contributed by atoms with E-state index in [2.05, 4.69) is 4.74 Å². The Bertz CT molecular complexity index is 383. The fourth-order valence-electron chi connectivity index (χ4n) is 1.69. The van der Waals surface area contributed by atoms with Crippen molar-refractivity contribution in [1.29, 1.82) is 0 Å². The summed E-state index contributed by atoms with van der Waals surface area (Å²) in [7, 11) is 1.17. The van der Waals surface area contributed by atoms with Crippen LogP contribution in [0.15, 0.2) is 0 Å². The number of ketones is 1. The maximum atomic E-state index is 11.9. The van der Waals surface area contributed by atoms with Crippen molar-refractivity contribution in [2.24, 2.45) is 5.92 Å². The molecule has 0 aliphatic carbocycles. The van der Waals surface area contributed by atoms with Crippen LogP contribution in [0.1, 0.15) is 6.42 Å². The largest absolute Gasteiger partial charge is 0.471 e. The average Bonchev–Trinajstić information content (AvgIpc) is 2.34. The van der Waals surface area contributed by atoms with Gasteiger partial charge in [0.15, 0.2) is 5.78 Å². The van der Waals surface area contributed by atoms with Crippen molar-refractivity contribution in [2.75, 3.05) is 26.7 Å². The minimum absolute atomic E-state index is 0.187. The lowest BCUT2D eigenvalue weighted by atomic mass is 9.95. The highest BCUT2D eigenvalue weighted by Gasteiger charge is 2.39. The van der Waals surface area contributed by atoms with Crippen LogP contribution in [0.2, 0.25) is 0 Å². The Morgan fingerprint density at radius 1 is 1.47 bits per heavy atom. The van der Waals surface area contributed by atoms with Crippen molar-refractivity contribution in [1.82, 2.24) is 10.2 Å². The number of carbonyl (C=O) groups excluding carboxylic acids is 3. The quantitative estimate of drug-likeness (QED) is 0.791. The summed E-state index contributed by atoms with van der Waals surface area (Å²) in [6.45, 7) is -0.406. The molecule has 1 heterocycles. The molecule has 0 radical (unpaired) electrons. The van der Waals surface area contributed by atoms with Gasteiger partial charge in [0.25, 0.3) is 0 Å². The molecule has 0 bridgehead atoms. The number of hydrogen-bond acceptors (Lipinski definition) is 4. The molecule has 9 heteroatoms. The second kappa shape index (κ2) is 5.89. The van der Waals surface area contributed by atoms with Crippen LogP contribution in [0.3, 0.4) is 0 Å². The van der Waals surface area contributed by atoms with Crippen molar-refractivity contribution < 1.29 is 32.3 Å². The molecule has 0 aromatic carbocycles. The molecular weight excluding hydrogens is 269 g/mol. The molecule has 1 rings (SSSR count). The molecule has 0 spiro atoms. The fraction of sp³-hybridized carbons (Fsp3) is 0.700. The lowest BCUT2D eigenvalue weighted by Crippen LogP contribution is -2.48. The number of ether oxygens (including phenoxy) is 1. The molecule has 2 amide bonds. The summed E-state index contributed by atoms with van der Waals surface area (Å²) in [5.41, 5.74) is 0. The first kappa shape index (κ1) is 15.3. The summed E-state index contributed by atoms with van der Waals surface area (Å²) in [5, 5.41) is 1.66. The average molecular weight is 282 g/mol. The summed E-state index contributed by atoms with van der Waals surface area (Å²) in [6.07, 6.45) is -5.44. The molecule has 1 aliphatic heterocycles. The van der Waals surface area contributed by atoms with Gasteiger partial charge in [0.05, 0.1) is 13.7 Å². The van der Waals surface area contributed by atoms with E-state index in [1.54, 1.807) is 5.32 Å². The highest BCUT2D eigenvalue weighted by molar-refractivity contribution is 5.88. The highest BCUT2D eigenvalue weighted by atomic mass is 19.4. The number of piperidine rings is 1. The SMILES string of the molecule is COC(=O)N1CCC(CNC(=O)C(F)(F)F)C(=O)C1. The Labute approximate surface area is 106 Å². The van der Waals surface area contributed by atoms with Gasteiger partial charge in [-0.25, -0.2) is 4.79 Å². The van der Waals surface area contributed by atoms with Gasteiger partial charge in [-0.3, -0.25) is 9.59 Å². The van der Waals surface area contributed by atoms with E-state index in [-0.39, 0.29) is 26.1 Å². The first-order valence-corrected chi connectivity index (χ1v) is 5.46. The molecular formula is C10H13F3N2O4. The number of nitrogens with zero attached hydrogens (tertiary/aromatic N) is 1. The molecule has 1 fully saturated rings. The van der Waals surface area contributed by atoms with Crippen LogP contribution in [-0.4, -0.2) is 55.6 Å². The normalized spacial score (nSPS) is 20.1. The van der Waals surface area contributed by atoms with Crippen molar-refractivity contribution in [3.05, 3.63) is 0 Å². The standard InChI is InChI=1S/C10H13F3N2O4/c1-19-9(18)15-3-2-6(7(16)5-15)4-14-8(17)10(11,12)13/h6H,2-5H2,1H3,(H,14,17). The van der Waals surface area contributed by atoms with Gasteiger partial charge in [-0.15, -0.1) is 0 Å². The monoisotopic (exact) mass is 282 g/mol. The first-order chi connectivity index (χ1) is 8.75. The molecule has 0 saturated carbocycles. The zero-order chi connectivity index (χ0) is 14.6. The Morgan fingerprint density at radius 2 is 2.11 bits per heavy atom. The van der Waals surface area contributed by atoms with E-state index in [4.69, 9.17) is 0 Å². The van der Waals surface area contributed by atoms with E-state index in [1.807, 2.05) is 0 Å². The summed E-state index contributed by atoms with van der Waals surface area (Å²) >= 11 is 0. The third kappa shape index (κ3) is 4.11. The molecule has 1 saturated heterocycles. The van der Waals surface area contributed by atoms with Crippen molar-refractivity contribution in [3.8, 4) is 0 Å². The lowest BCUT2D eigenvalue weighted by molar-refractivity contribution is -0.173. The van der Waals surface area contributed by atoms with Gasteiger partial charge in [-0.2, -0.15) is 13.2 Å². The van der Waals surface area contributed by atoms with Crippen molar-refractivity contribution in [2.45, 2.75) is 12.6 Å². The number of Topliss-reactive ketones (excluding diaryl/α,β-unsaturated/α-hetero) is 1. The van der Waals surface area contributed by atoms with E-state index >= 15 is 0 Å². The minimum Gasteiger partial charge on any atom is -0.453 e. The van der Waals surface area contributed by atoms with Crippen LogP contribution in [0.25, 0.3) is 0 Å². The van der Waals surface area contributed by atoms with E-state index in [0.717, 1.165) is 4.90 Å².